The summed E-state index contributed by atoms with van der Waals surface area (Å²) in [5.74, 6) is 1.32. The summed E-state index contributed by atoms with van der Waals surface area (Å²) in [6.07, 6.45) is 0. The number of aryl methyl sites for hydroxylation is 2. The molecule has 11 aromatic rings. The fourth-order valence-electron chi connectivity index (χ4n) is 9.29. The number of rotatable bonds is 8. The smallest absolute Gasteiger partial charge is 0.177 e. The molecule has 0 aliphatic carbocycles. The van der Waals surface area contributed by atoms with Crippen molar-refractivity contribution in [2.24, 2.45) is 0 Å². The zero-order valence-electron chi connectivity index (χ0n) is 38.6. The van der Waals surface area contributed by atoms with Gasteiger partial charge in [-0.3, -0.25) is 0 Å². The maximum atomic E-state index is 10.4. The third kappa shape index (κ3) is 8.21. The average molecular weight is 907 g/mol. The van der Waals surface area contributed by atoms with Crippen molar-refractivity contribution in [2.75, 3.05) is 0 Å². The van der Waals surface area contributed by atoms with Crippen LogP contribution in [0.5, 0.6) is 0 Å². The molecule has 0 radical (unpaired) electrons. The quantitative estimate of drug-likeness (QED) is 0.141. The van der Waals surface area contributed by atoms with Crippen molar-refractivity contribution in [3.8, 4) is 96.5 Å². The minimum Gasteiger partial charge on any atom is -0.308 e. The van der Waals surface area contributed by atoms with Gasteiger partial charge in [-0.25, -0.2) is 24.6 Å². The number of fused-ring (bicyclic) bond motifs is 3. The summed E-state index contributed by atoms with van der Waals surface area (Å²) < 4.78 is 2.24. The van der Waals surface area contributed by atoms with Crippen LogP contribution in [-0.4, -0.2) is 19.5 Å². The first-order chi connectivity index (χ1) is 34.8. The van der Waals surface area contributed by atoms with Gasteiger partial charge in [-0.05, 0) is 102 Å². The van der Waals surface area contributed by atoms with E-state index in [-0.39, 0.29) is 0 Å². The van der Waals surface area contributed by atoms with E-state index in [9.17, 15) is 10.5 Å². The first-order valence-electron chi connectivity index (χ1n) is 22.9. The minimum absolute atomic E-state index is 0.301. The molecule has 0 atom stereocenters. The molecule has 0 aliphatic rings. The lowest BCUT2D eigenvalue weighted by molar-refractivity contribution is 1.07. The Morgan fingerprint density at radius 1 is 0.394 bits per heavy atom. The van der Waals surface area contributed by atoms with E-state index in [1.165, 1.54) is 11.1 Å². The Labute approximate surface area is 411 Å². The van der Waals surface area contributed by atoms with E-state index in [4.69, 9.17) is 28.1 Å². The highest BCUT2D eigenvalue weighted by atomic mass is 15.0. The summed E-state index contributed by atoms with van der Waals surface area (Å²) in [7, 11) is 0. The van der Waals surface area contributed by atoms with Gasteiger partial charge >= 0.3 is 0 Å². The molecular weight excluding hydrogens is 869 g/mol. The van der Waals surface area contributed by atoms with Crippen LogP contribution >= 0.6 is 0 Å². The van der Waals surface area contributed by atoms with Gasteiger partial charge < -0.3 is 4.57 Å². The van der Waals surface area contributed by atoms with Crippen molar-refractivity contribution in [2.45, 2.75) is 13.8 Å². The van der Waals surface area contributed by atoms with Crippen molar-refractivity contribution < 1.29 is 0 Å². The van der Waals surface area contributed by atoms with Crippen LogP contribution in [-0.2, 0) is 0 Å². The Bertz CT molecular complexity index is 3770. The molecular formula is C63H38N8. The lowest BCUT2D eigenvalue weighted by atomic mass is 9.90. The molecule has 0 fully saturated rings. The standard InChI is InChI=1S/C63H38N8/c1-39-15-19-43(20-16-39)47-23-25-58-56(32-47)57-33-48(44-21-17-40(2)18-22-44)24-26-59(57)71(58)60-54(49-28-41(37-64)27-42(29-49)38-65)34-51(35-55(60)50-30-52(66-3)36-53(31-50)67-4)63-69-61(45-11-7-5-8-12-45)68-62(70-63)46-13-9-6-10-14-46/h5-36H,1-2H3. The van der Waals surface area contributed by atoms with Crippen molar-refractivity contribution in [3.05, 3.63) is 239 Å². The normalized spacial score (nSPS) is 10.9. The summed E-state index contributed by atoms with van der Waals surface area (Å²) in [5.41, 5.74) is 15.1. The van der Waals surface area contributed by atoms with Crippen LogP contribution in [0.2, 0.25) is 0 Å². The van der Waals surface area contributed by atoms with Gasteiger partial charge in [0.15, 0.2) is 28.8 Å². The van der Waals surface area contributed by atoms with Crippen LogP contribution in [0, 0.1) is 49.7 Å². The van der Waals surface area contributed by atoms with Crippen LogP contribution in [0.15, 0.2) is 194 Å². The van der Waals surface area contributed by atoms with Gasteiger partial charge in [0.25, 0.3) is 0 Å². The maximum Gasteiger partial charge on any atom is 0.177 e. The number of nitriles is 2. The molecule has 8 heteroatoms. The van der Waals surface area contributed by atoms with E-state index < -0.39 is 0 Å². The molecule has 0 unspecified atom stereocenters. The van der Waals surface area contributed by atoms with Crippen LogP contribution in [0.25, 0.3) is 116 Å². The SMILES string of the molecule is [C-]#[N+]c1cc([N+]#[C-])cc(-c2cc(-c3nc(-c4ccccc4)nc(-c4ccccc4)n3)cc(-c3cc(C#N)cc(C#N)c3)c2-n2c3ccc(-c4ccc(C)cc4)cc3c3cc(-c4ccc(C)cc4)ccc32)c1. The van der Waals surface area contributed by atoms with Gasteiger partial charge in [0, 0.05) is 38.6 Å². The van der Waals surface area contributed by atoms with Gasteiger partial charge in [0.1, 0.15) is 0 Å². The Morgan fingerprint density at radius 3 is 1.23 bits per heavy atom. The average Bonchev–Trinajstić information content (AvgIpc) is 3.75. The second-order valence-electron chi connectivity index (χ2n) is 17.5. The zero-order chi connectivity index (χ0) is 48.6. The second kappa shape index (κ2) is 18.1. The van der Waals surface area contributed by atoms with E-state index in [1.807, 2.05) is 72.8 Å². The van der Waals surface area contributed by atoms with E-state index >= 15 is 0 Å². The molecule has 0 saturated heterocycles. The summed E-state index contributed by atoms with van der Waals surface area (Å²) in [6.45, 7) is 20.5. The van der Waals surface area contributed by atoms with Crippen molar-refractivity contribution in [1.82, 2.24) is 19.5 Å². The molecule has 71 heavy (non-hydrogen) atoms. The number of benzene rings is 9. The molecule has 0 aliphatic heterocycles. The van der Waals surface area contributed by atoms with Crippen LogP contribution in [0.3, 0.4) is 0 Å². The Kier molecular flexibility index (Phi) is 11.0. The van der Waals surface area contributed by atoms with Gasteiger partial charge in [-0.15, -0.1) is 0 Å². The van der Waals surface area contributed by atoms with Crippen molar-refractivity contribution in [3.63, 3.8) is 0 Å². The summed E-state index contributed by atoms with van der Waals surface area (Å²) in [4.78, 5) is 23.0. The third-order valence-corrected chi connectivity index (χ3v) is 12.8. The molecule has 11 rings (SSSR count). The van der Waals surface area contributed by atoms with Gasteiger partial charge in [0.2, 0.25) is 0 Å². The van der Waals surface area contributed by atoms with Crippen molar-refractivity contribution >= 4 is 33.2 Å². The number of hydrogen-bond donors (Lipinski definition) is 0. The van der Waals surface area contributed by atoms with Gasteiger partial charge in [-0.1, -0.05) is 151 Å². The fraction of sp³-hybridized carbons (Fsp3) is 0.0317. The molecule has 330 valence electrons. The minimum atomic E-state index is 0.301. The molecule has 8 nitrogen and oxygen atoms in total. The van der Waals surface area contributed by atoms with E-state index in [0.29, 0.717) is 73.5 Å². The first-order valence-corrected chi connectivity index (χ1v) is 22.9. The van der Waals surface area contributed by atoms with E-state index in [2.05, 4.69) is 125 Å². The number of aromatic nitrogens is 4. The van der Waals surface area contributed by atoms with E-state index in [1.54, 1.807) is 36.4 Å². The topological polar surface area (TPSA) is 99.9 Å². The molecule has 0 amide bonds. The molecule has 2 heterocycles. The third-order valence-electron chi connectivity index (χ3n) is 12.8. The predicted molar refractivity (Wildman–Crippen MR) is 284 cm³/mol. The fourth-order valence-corrected chi connectivity index (χ4v) is 9.29. The maximum absolute atomic E-state index is 10.4. The van der Waals surface area contributed by atoms with Crippen LogP contribution in [0.1, 0.15) is 22.3 Å². The molecule has 0 spiro atoms. The molecule has 9 aromatic carbocycles. The monoisotopic (exact) mass is 906 g/mol. The highest BCUT2D eigenvalue weighted by molar-refractivity contribution is 6.13. The second-order valence-corrected chi connectivity index (χ2v) is 17.5. The Morgan fingerprint density at radius 2 is 0.803 bits per heavy atom. The van der Waals surface area contributed by atoms with Gasteiger partial charge in [0.05, 0.1) is 53.1 Å². The number of hydrogen-bond acceptors (Lipinski definition) is 5. The van der Waals surface area contributed by atoms with E-state index in [0.717, 1.165) is 55.2 Å². The van der Waals surface area contributed by atoms with Crippen molar-refractivity contribution in [1.29, 1.82) is 10.5 Å². The van der Waals surface area contributed by atoms with Crippen LogP contribution < -0.4 is 0 Å². The molecule has 0 bridgehead atoms. The summed E-state index contributed by atoms with van der Waals surface area (Å²) in [5, 5.41) is 22.9. The predicted octanol–water partition coefficient (Wildman–Crippen LogP) is 16.1. The lowest BCUT2D eigenvalue weighted by Crippen LogP contribution is -2.04. The molecule has 0 N–H and O–H groups in total. The van der Waals surface area contributed by atoms with Gasteiger partial charge in [-0.2, -0.15) is 10.5 Å². The zero-order valence-corrected chi connectivity index (χ0v) is 38.6. The number of nitrogens with zero attached hydrogens (tertiary/aromatic N) is 8. The largest absolute Gasteiger partial charge is 0.308 e. The molecule has 0 saturated carbocycles. The Balaban J connectivity index is 1.30. The first kappa shape index (κ1) is 43.3. The lowest BCUT2D eigenvalue weighted by Gasteiger charge is -2.22. The molecule has 2 aromatic heterocycles. The highest BCUT2D eigenvalue weighted by Gasteiger charge is 2.25. The summed E-state index contributed by atoms with van der Waals surface area (Å²) in [6, 6.07) is 68.6. The highest BCUT2D eigenvalue weighted by Crippen LogP contribution is 2.46. The Hall–Kier alpha value is -10.3. The van der Waals surface area contributed by atoms with Crippen LogP contribution in [0.4, 0.5) is 11.4 Å². The summed E-state index contributed by atoms with van der Waals surface area (Å²) >= 11 is 0.